The van der Waals surface area contributed by atoms with E-state index >= 15 is 13.2 Å². The molecule has 0 radical (unpaired) electrons. The molecule has 0 atom stereocenters. The predicted octanol–water partition coefficient (Wildman–Crippen LogP) is 16.1. The molecule has 84 heavy (non-hydrogen) atoms. The number of halogens is 3. The van der Waals surface area contributed by atoms with Crippen molar-refractivity contribution in [2.45, 2.75) is 6.18 Å². The summed E-state index contributed by atoms with van der Waals surface area (Å²) in [6, 6.07) is 86.7. The van der Waals surface area contributed by atoms with E-state index in [-0.39, 0.29) is 18.1 Å². The highest BCUT2D eigenvalue weighted by Crippen LogP contribution is 2.48. The van der Waals surface area contributed by atoms with Crippen molar-refractivity contribution in [3.63, 3.8) is 0 Å². The number of hydrogen-bond acceptors (Lipinski definition) is 7. The van der Waals surface area contributed by atoms with Gasteiger partial charge in [0, 0.05) is 61.6 Å². The van der Waals surface area contributed by atoms with Gasteiger partial charge in [-0.2, -0.15) is 23.7 Å². The van der Waals surface area contributed by atoms with E-state index in [9.17, 15) is 10.5 Å². The summed E-state index contributed by atoms with van der Waals surface area (Å²) in [6.45, 7) is -0.359. The summed E-state index contributed by atoms with van der Waals surface area (Å²) in [6.07, 6.45) is -4.69. The first-order valence-electron chi connectivity index (χ1n) is 27.4. The van der Waals surface area contributed by atoms with Crippen molar-refractivity contribution < 1.29 is 13.2 Å². The minimum absolute atomic E-state index is 0.0828. The van der Waals surface area contributed by atoms with Gasteiger partial charge in [0.25, 0.3) is 6.71 Å². The highest BCUT2D eigenvalue weighted by atomic mass is 19.4. The van der Waals surface area contributed by atoms with E-state index in [0.717, 1.165) is 107 Å². The fraction of sp³-hybridized carbons (Fsp3) is 0.0139. The van der Waals surface area contributed by atoms with Crippen LogP contribution in [0.15, 0.2) is 255 Å². The van der Waals surface area contributed by atoms with E-state index in [1.165, 1.54) is 6.07 Å². The number of para-hydroxylation sites is 2. The fourth-order valence-corrected chi connectivity index (χ4v) is 12.3. The molecule has 0 bridgehead atoms. The molecular formula is C72H42BF3N8. The van der Waals surface area contributed by atoms with Crippen LogP contribution in [0.4, 0.5) is 47.3 Å². The lowest BCUT2D eigenvalue weighted by Gasteiger charge is -2.44. The molecule has 12 heteroatoms. The zero-order valence-corrected chi connectivity index (χ0v) is 44.5. The van der Waals surface area contributed by atoms with Crippen molar-refractivity contribution in [2.24, 2.45) is 0 Å². The van der Waals surface area contributed by atoms with E-state index in [2.05, 4.69) is 101 Å². The molecule has 394 valence electrons. The molecule has 8 nitrogen and oxygen atoms in total. The molecule has 2 aliphatic heterocycles. The van der Waals surface area contributed by atoms with Crippen LogP contribution in [0, 0.1) is 22.7 Å². The molecule has 2 aromatic heterocycles. The van der Waals surface area contributed by atoms with E-state index < -0.39 is 11.7 Å². The van der Waals surface area contributed by atoms with E-state index in [1.54, 1.807) is 0 Å². The largest absolute Gasteiger partial charge is 0.416 e. The number of nitriles is 2. The van der Waals surface area contributed by atoms with Crippen molar-refractivity contribution in [3.8, 4) is 74.2 Å². The molecule has 0 unspecified atom stereocenters. The average Bonchev–Trinajstić information content (AvgIpc) is 1.26. The normalized spacial score (nSPS) is 12.4. The van der Waals surface area contributed by atoms with Crippen LogP contribution in [-0.2, 0) is 6.18 Å². The number of benzene rings is 11. The van der Waals surface area contributed by atoms with Gasteiger partial charge in [0.2, 0.25) is 0 Å². The van der Waals surface area contributed by atoms with Gasteiger partial charge in [-0.05, 0) is 154 Å². The third-order valence-corrected chi connectivity index (χ3v) is 16.1. The number of fused-ring (bicyclic) bond motifs is 7. The Morgan fingerprint density at radius 3 is 1.26 bits per heavy atom. The molecule has 0 amide bonds. The Labute approximate surface area is 481 Å². The SMILES string of the molecule is N#Cc1ccc2c(c1)B1c3cc(C#N)ccc3N(c3ccccc3)c3cc(-c4ccc5c(c4)c4cc(-c6ccccc6)ccc4n5-c4ccc(C(F)(F)F)cc4-c4nc(-c5ccccc5)nc(-c5ccccc5)n4)cc(c31)N2c1ccccc1. The second-order valence-electron chi connectivity index (χ2n) is 20.9. The van der Waals surface area contributed by atoms with Crippen LogP contribution in [-0.4, -0.2) is 26.2 Å². The van der Waals surface area contributed by atoms with Gasteiger partial charge >= 0.3 is 6.18 Å². The van der Waals surface area contributed by atoms with Gasteiger partial charge in [-0.3, -0.25) is 0 Å². The summed E-state index contributed by atoms with van der Waals surface area (Å²) in [4.78, 5) is 19.4. The molecule has 0 spiro atoms. The molecular weight excluding hydrogens is 1040 g/mol. The Morgan fingerprint density at radius 2 is 0.798 bits per heavy atom. The maximum atomic E-state index is 15.1. The molecule has 0 fully saturated rings. The van der Waals surface area contributed by atoms with Crippen LogP contribution in [0.2, 0.25) is 0 Å². The van der Waals surface area contributed by atoms with E-state index in [4.69, 9.17) is 15.0 Å². The third kappa shape index (κ3) is 8.27. The number of nitrogens with zero attached hydrogens (tertiary/aromatic N) is 8. The summed E-state index contributed by atoms with van der Waals surface area (Å²) in [5, 5.41) is 22.5. The Kier molecular flexibility index (Phi) is 11.7. The lowest BCUT2D eigenvalue weighted by atomic mass is 9.33. The minimum atomic E-state index is -4.69. The van der Waals surface area contributed by atoms with E-state index in [1.807, 2.05) is 162 Å². The van der Waals surface area contributed by atoms with Crippen molar-refractivity contribution in [3.05, 3.63) is 271 Å². The molecule has 0 saturated heterocycles. The molecule has 4 heterocycles. The zero-order valence-electron chi connectivity index (χ0n) is 44.5. The first-order chi connectivity index (χ1) is 41.2. The lowest BCUT2D eigenvalue weighted by Crippen LogP contribution is -2.61. The lowest BCUT2D eigenvalue weighted by molar-refractivity contribution is -0.137. The molecule has 11 aromatic carbocycles. The van der Waals surface area contributed by atoms with Gasteiger partial charge in [0.15, 0.2) is 17.5 Å². The fourth-order valence-electron chi connectivity index (χ4n) is 12.3. The standard InChI is InChI=1S/C72H42BF3N8/c74-72(75,76)53-30-35-63(58(42-53)71-80-69(48-18-8-2-9-19-48)79-70(81-71)49-20-10-3-11-21-49)84-61-33-28-50(47-16-6-1-7-17-47)38-56(61)57-39-51(29-34-62(57)84)52-40-66-68-67(41-52)83(55-24-14-5-15-25-55)65-32-27-46(44-78)37-60(65)73(68)59-36-45(43-77)26-31-64(59)82(66)54-22-12-4-13-23-54/h1-42H. The predicted molar refractivity (Wildman–Crippen MR) is 330 cm³/mol. The van der Waals surface area contributed by atoms with Gasteiger partial charge in [0.05, 0.1) is 45.5 Å². The average molecular weight is 1090 g/mol. The summed E-state index contributed by atoms with van der Waals surface area (Å²) >= 11 is 0. The Bertz CT molecular complexity index is 4680. The van der Waals surface area contributed by atoms with Crippen LogP contribution >= 0.6 is 0 Å². The third-order valence-electron chi connectivity index (χ3n) is 16.1. The molecule has 2 aliphatic rings. The molecule has 15 rings (SSSR count). The monoisotopic (exact) mass is 1090 g/mol. The molecule has 0 N–H and O–H groups in total. The molecule has 0 saturated carbocycles. The van der Waals surface area contributed by atoms with Gasteiger partial charge < -0.3 is 14.4 Å². The second-order valence-corrected chi connectivity index (χ2v) is 20.9. The first kappa shape index (κ1) is 49.7. The maximum Gasteiger partial charge on any atom is 0.416 e. The Balaban J connectivity index is 1.01. The van der Waals surface area contributed by atoms with Crippen LogP contribution in [0.1, 0.15) is 16.7 Å². The quantitative estimate of drug-likeness (QED) is 0.140. The Hall–Kier alpha value is -11.3. The minimum Gasteiger partial charge on any atom is -0.311 e. The second kappa shape index (κ2) is 19.7. The molecule has 13 aromatic rings. The highest BCUT2D eigenvalue weighted by Gasteiger charge is 2.44. The van der Waals surface area contributed by atoms with Gasteiger partial charge in [-0.1, -0.05) is 140 Å². The van der Waals surface area contributed by atoms with Crippen LogP contribution in [0.3, 0.4) is 0 Å². The van der Waals surface area contributed by atoms with Crippen molar-refractivity contribution in [1.29, 1.82) is 10.5 Å². The number of anilines is 6. The number of alkyl halides is 3. The first-order valence-corrected chi connectivity index (χ1v) is 27.4. The van der Waals surface area contributed by atoms with E-state index in [0.29, 0.717) is 39.6 Å². The van der Waals surface area contributed by atoms with Crippen LogP contribution in [0.25, 0.3) is 83.9 Å². The number of rotatable bonds is 8. The Morgan fingerprint density at radius 1 is 0.369 bits per heavy atom. The summed E-state index contributed by atoms with van der Waals surface area (Å²) in [5.41, 5.74) is 15.9. The maximum absolute atomic E-state index is 15.1. The summed E-state index contributed by atoms with van der Waals surface area (Å²) in [5.74, 6) is 0.722. The summed E-state index contributed by atoms with van der Waals surface area (Å²) < 4.78 is 47.4. The van der Waals surface area contributed by atoms with Gasteiger partial charge in [-0.15, -0.1) is 0 Å². The summed E-state index contributed by atoms with van der Waals surface area (Å²) in [7, 11) is 0. The highest BCUT2D eigenvalue weighted by molar-refractivity contribution is 7.00. The number of hydrogen-bond donors (Lipinski definition) is 0. The van der Waals surface area contributed by atoms with Crippen LogP contribution < -0.4 is 26.2 Å². The van der Waals surface area contributed by atoms with Crippen LogP contribution in [0.5, 0.6) is 0 Å². The van der Waals surface area contributed by atoms with Crippen molar-refractivity contribution in [2.75, 3.05) is 9.80 Å². The van der Waals surface area contributed by atoms with Gasteiger partial charge in [-0.25, -0.2) is 15.0 Å². The zero-order chi connectivity index (χ0) is 56.6. The number of aromatic nitrogens is 4. The van der Waals surface area contributed by atoms with Crippen molar-refractivity contribution >= 4 is 79.0 Å². The molecule has 0 aliphatic carbocycles. The smallest absolute Gasteiger partial charge is 0.311 e. The van der Waals surface area contributed by atoms with Crippen molar-refractivity contribution in [1.82, 2.24) is 19.5 Å². The van der Waals surface area contributed by atoms with Gasteiger partial charge in [0.1, 0.15) is 0 Å². The topological polar surface area (TPSA) is 97.7 Å².